The molecule has 1 aromatic carbocycles. The quantitative estimate of drug-likeness (QED) is 0.258. The molecule has 0 radical (unpaired) electrons. The maximum Gasteiger partial charge on any atom is 0.227 e. The molecule has 1 amide bonds. The van der Waals surface area contributed by atoms with Crippen molar-refractivity contribution in [3.8, 4) is 22.6 Å². The number of aromatic amines is 2. The van der Waals surface area contributed by atoms with Gasteiger partial charge in [0.1, 0.15) is 11.3 Å². The minimum Gasteiger partial charge on any atom is -0.404 e. The number of nitrogens with one attached hydrogen (secondary N) is 3. The van der Waals surface area contributed by atoms with Crippen LogP contribution in [0.25, 0.3) is 50.3 Å². The van der Waals surface area contributed by atoms with E-state index in [-0.39, 0.29) is 17.6 Å². The number of aromatic nitrogens is 6. The number of H-pyrrole nitrogens is 2. The van der Waals surface area contributed by atoms with Gasteiger partial charge in [-0.2, -0.15) is 5.10 Å². The van der Waals surface area contributed by atoms with Crippen LogP contribution in [0.1, 0.15) is 25.5 Å². The van der Waals surface area contributed by atoms with Gasteiger partial charge in [-0.15, -0.1) is 0 Å². The fourth-order valence-electron chi connectivity index (χ4n) is 4.26. The molecule has 4 heterocycles. The molecule has 37 heavy (non-hydrogen) atoms. The maximum atomic E-state index is 13.9. The van der Waals surface area contributed by atoms with Crippen LogP contribution < -0.4 is 11.1 Å². The highest BCUT2D eigenvalue weighted by Gasteiger charge is 2.29. The number of rotatable bonds is 6. The molecule has 5 aromatic rings. The van der Waals surface area contributed by atoms with Crippen molar-refractivity contribution in [2.24, 2.45) is 11.7 Å². The molecule has 1 aliphatic rings. The van der Waals surface area contributed by atoms with Gasteiger partial charge in [0.2, 0.25) is 5.91 Å². The Morgan fingerprint density at radius 1 is 1.14 bits per heavy atom. The summed E-state index contributed by atoms with van der Waals surface area (Å²) in [6.45, 7) is 1.82. The molecule has 6 rings (SSSR count). The van der Waals surface area contributed by atoms with Gasteiger partial charge in [0.25, 0.3) is 0 Å². The lowest BCUT2D eigenvalue weighted by molar-refractivity contribution is -0.121. The molecule has 0 bridgehead atoms. The van der Waals surface area contributed by atoms with E-state index in [4.69, 9.17) is 15.7 Å². The fraction of sp³-hybridized carbons (Fsp3) is 0.148. The van der Waals surface area contributed by atoms with Gasteiger partial charge in [-0.25, -0.2) is 14.4 Å². The number of fused-ring (bicyclic) bond motifs is 2. The number of hydrogen-bond donors (Lipinski definition) is 4. The second-order valence-electron chi connectivity index (χ2n) is 9.06. The number of nitrogens with two attached hydrogens (primary N) is 1. The summed E-state index contributed by atoms with van der Waals surface area (Å²) in [5, 5.41) is 10.4. The monoisotopic (exact) mass is 494 g/mol. The van der Waals surface area contributed by atoms with Crippen molar-refractivity contribution in [3.05, 3.63) is 78.3 Å². The van der Waals surface area contributed by atoms with E-state index in [1.165, 1.54) is 18.3 Å². The van der Waals surface area contributed by atoms with Crippen LogP contribution in [0.15, 0.2) is 66.8 Å². The van der Waals surface area contributed by atoms with E-state index in [1.54, 1.807) is 24.5 Å². The van der Waals surface area contributed by atoms with Gasteiger partial charge in [0.15, 0.2) is 11.5 Å². The molecular formula is C27H23FN8O. The van der Waals surface area contributed by atoms with E-state index < -0.39 is 0 Å². The molecule has 5 N–H and O–H groups in total. The normalized spacial score (nSPS) is 14.4. The third-order valence-electron chi connectivity index (χ3n) is 6.28. The van der Waals surface area contributed by atoms with Crippen molar-refractivity contribution in [2.45, 2.75) is 19.8 Å². The predicted molar refractivity (Wildman–Crippen MR) is 139 cm³/mol. The number of carbonyl (C=O) groups excluding carboxylic acids is 1. The van der Waals surface area contributed by atoms with Crippen molar-refractivity contribution >= 4 is 33.5 Å². The summed E-state index contributed by atoms with van der Waals surface area (Å²) in [6.07, 6.45) is 8.45. The average molecular weight is 495 g/mol. The Morgan fingerprint density at radius 3 is 2.78 bits per heavy atom. The largest absolute Gasteiger partial charge is 0.404 e. The fourth-order valence-corrected chi connectivity index (χ4v) is 4.26. The summed E-state index contributed by atoms with van der Waals surface area (Å²) in [6, 6.07) is 10.0. The third-order valence-corrected chi connectivity index (χ3v) is 6.28. The highest BCUT2D eigenvalue weighted by molar-refractivity contribution is 5.95. The first-order valence-corrected chi connectivity index (χ1v) is 11.9. The topological polar surface area (TPSA) is 138 Å². The van der Waals surface area contributed by atoms with E-state index in [2.05, 4.69) is 25.5 Å². The number of benzene rings is 1. The number of hydrogen-bond acceptors (Lipinski definition) is 6. The first-order valence-electron chi connectivity index (χ1n) is 11.9. The number of carbonyl (C=O) groups is 1. The Kier molecular flexibility index (Phi) is 5.48. The number of nitrogens with zero attached hydrogens (tertiary/aromatic N) is 4. The second kappa shape index (κ2) is 8.98. The van der Waals surface area contributed by atoms with E-state index in [1.807, 2.05) is 25.1 Å². The van der Waals surface area contributed by atoms with Crippen molar-refractivity contribution in [2.75, 3.05) is 0 Å². The molecule has 1 aliphatic carbocycles. The van der Waals surface area contributed by atoms with Gasteiger partial charge in [-0.05, 0) is 55.7 Å². The Bertz CT molecular complexity index is 1730. The minimum atomic E-state index is -0.333. The lowest BCUT2D eigenvalue weighted by Gasteiger charge is -2.07. The van der Waals surface area contributed by atoms with Gasteiger partial charge >= 0.3 is 0 Å². The van der Waals surface area contributed by atoms with Crippen LogP contribution in [0.2, 0.25) is 0 Å². The predicted octanol–water partition coefficient (Wildman–Crippen LogP) is 4.43. The molecule has 0 aliphatic heterocycles. The summed E-state index contributed by atoms with van der Waals surface area (Å²) < 4.78 is 13.9. The molecule has 0 saturated heterocycles. The van der Waals surface area contributed by atoms with Crippen molar-refractivity contribution in [1.82, 2.24) is 35.5 Å². The van der Waals surface area contributed by atoms with Crippen LogP contribution in [-0.4, -0.2) is 36.0 Å². The van der Waals surface area contributed by atoms with Crippen LogP contribution in [0.4, 0.5) is 4.39 Å². The van der Waals surface area contributed by atoms with Crippen LogP contribution in [-0.2, 0) is 4.79 Å². The summed E-state index contributed by atoms with van der Waals surface area (Å²) in [7, 11) is 0. The van der Waals surface area contributed by atoms with E-state index >= 15 is 0 Å². The summed E-state index contributed by atoms with van der Waals surface area (Å²) in [5.41, 5.74) is 12.5. The number of allylic oxidation sites excluding steroid dienone is 3. The molecule has 1 fully saturated rings. The zero-order chi connectivity index (χ0) is 25.5. The Hall–Kier alpha value is -4.86. The zero-order valence-corrected chi connectivity index (χ0v) is 19.9. The van der Waals surface area contributed by atoms with Crippen molar-refractivity contribution in [3.63, 3.8) is 0 Å². The van der Waals surface area contributed by atoms with E-state index in [0.29, 0.717) is 56.2 Å². The van der Waals surface area contributed by atoms with Crippen LogP contribution >= 0.6 is 0 Å². The standard InChI is InChI=1S/C27H23FN8O/c1-14(31-27(37)15-5-6-15)9-17(11-29)20-7-8-21-24(32-20)25(36-35-21)26-33-22-13-30-12-19(23(22)34-26)16-3-2-4-18(28)10-16/h2-4,7-13,15H,5-6,29H2,1H3,(H,31,37)(H,33,34)(H,35,36)/b14-9+,17-11+. The first kappa shape index (κ1) is 22.6. The summed E-state index contributed by atoms with van der Waals surface area (Å²) in [4.78, 5) is 29.2. The Morgan fingerprint density at radius 2 is 2.00 bits per heavy atom. The molecule has 4 aromatic heterocycles. The molecular weight excluding hydrogens is 471 g/mol. The SMILES string of the molecule is C/C(=C\C(=C/N)c1ccc2[nH]nc(-c3nc4c(-c5cccc(F)c5)cncc4[nH]3)c2n1)NC(=O)C1CC1. The summed E-state index contributed by atoms with van der Waals surface area (Å²) >= 11 is 0. The average Bonchev–Trinajstić information content (AvgIpc) is 3.53. The number of imidazole rings is 1. The molecule has 10 heteroatoms. The van der Waals surface area contributed by atoms with Gasteiger partial charge in [-0.3, -0.25) is 14.9 Å². The summed E-state index contributed by atoms with van der Waals surface area (Å²) in [5.74, 6) is 0.304. The molecule has 1 saturated carbocycles. The Balaban J connectivity index is 1.38. The zero-order valence-electron chi connectivity index (χ0n) is 19.9. The molecule has 0 spiro atoms. The van der Waals surface area contributed by atoms with Crippen LogP contribution in [0.5, 0.6) is 0 Å². The molecule has 0 atom stereocenters. The molecule has 0 unspecified atom stereocenters. The lowest BCUT2D eigenvalue weighted by atomic mass is 10.1. The van der Waals surface area contributed by atoms with Gasteiger partial charge in [0.05, 0.1) is 28.4 Å². The number of pyridine rings is 2. The second-order valence-corrected chi connectivity index (χ2v) is 9.06. The maximum absolute atomic E-state index is 13.9. The highest BCUT2D eigenvalue weighted by atomic mass is 19.1. The first-order chi connectivity index (χ1) is 18.0. The lowest BCUT2D eigenvalue weighted by Crippen LogP contribution is -2.22. The smallest absolute Gasteiger partial charge is 0.227 e. The van der Waals surface area contributed by atoms with E-state index in [0.717, 1.165) is 18.4 Å². The minimum absolute atomic E-state index is 0.0302. The van der Waals surface area contributed by atoms with Gasteiger partial charge in [-0.1, -0.05) is 12.1 Å². The van der Waals surface area contributed by atoms with E-state index in [9.17, 15) is 9.18 Å². The Labute approximate surface area is 210 Å². The van der Waals surface area contributed by atoms with Crippen molar-refractivity contribution < 1.29 is 9.18 Å². The van der Waals surface area contributed by atoms with Crippen LogP contribution in [0, 0.1) is 11.7 Å². The third kappa shape index (κ3) is 4.33. The van der Waals surface area contributed by atoms with Crippen LogP contribution in [0.3, 0.4) is 0 Å². The highest BCUT2D eigenvalue weighted by Crippen LogP contribution is 2.31. The van der Waals surface area contributed by atoms with Gasteiger partial charge in [0, 0.05) is 35.1 Å². The molecule has 184 valence electrons. The number of halogens is 1. The molecule has 9 nitrogen and oxygen atoms in total. The van der Waals surface area contributed by atoms with Gasteiger partial charge < -0.3 is 16.0 Å². The number of amides is 1. The van der Waals surface area contributed by atoms with Crippen molar-refractivity contribution in [1.29, 1.82) is 0 Å².